The number of rotatable bonds is 5. The SMILES string of the molecule is CC(C)(C)c1ccc(C(=O)NC(=NCCN2CCOCC2)Nc2ccc3c(c2)OCO3)cc1. The lowest BCUT2D eigenvalue weighted by Crippen LogP contribution is -2.39. The van der Waals surface area contributed by atoms with Crippen molar-refractivity contribution in [1.82, 2.24) is 10.2 Å². The molecule has 2 aromatic carbocycles. The molecule has 1 saturated heterocycles. The minimum Gasteiger partial charge on any atom is -0.454 e. The highest BCUT2D eigenvalue weighted by atomic mass is 16.7. The van der Waals surface area contributed by atoms with Gasteiger partial charge in [0.2, 0.25) is 12.8 Å². The normalized spacial score (nSPS) is 16.5. The van der Waals surface area contributed by atoms with E-state index in [-0.39, 0.29) is 18.1 Å². The van der Waals surface area contributed by atoms with Crippen LogP contribution in [-0.4, -0.2) is 63.0 Å². The average molecular weight is 453 g/mol. The molecule has 0 spiro atoms. The molecule has 4 rings (SSSR count). The second-order valence-corrected chi connectivity index (χ2v) is 9.16. The lowest BCUT2D eigenvalue weighted by molar-refractivity contribution is 0.0394. The molecule has 1 fully saturated rings. The van der Waals surface area contributed by atoms with Crippen LogP contribution >= 0.6 is 0 Å². The zero-order chi connectivity index (χ0) is 23.3. The Bertz CT molecular complexity index is 992. The van der Waals surface area contributed by atoms with Gasteiger partial charge in [0.05, 0.1) is 19.8 Å². The molecule has 2 heterocycles. The van der Waals surface area contributed by atoms with Crippen molar-refractivity contribution in [2.45, 2.75) is 26.2 Å². The fourth-order valence-electron chi connectivity index (χ4n) is 3.65. The molecule has 1 amide bonds. The van der Waals surface area contributed by atoms with Gasteiger partial charge in [0, 0.05) is 37.0 Å². The number of nitrogens with zero attached hydrogens (tertiary/aromatic N) is 2. The lowest BCUT2D eigenvalue weighted by Gasteiger charge is -2.25. The summed E-state index contributed by atoms with van der Waals surface area (Å²) in [6, 6.07) is 13.2. The zero-order valence-electron chi connectivity index (χ0n) is 19.5. The van der Waals surface area contributed by atoms with Crippen molar-refractivity contribution in [1.29, 1.82) is 0 Å². The molecule has 2 aromatic rings. The molecule has 0 bridgehead atoms. The van der Waals surface area contributed by atoms with Gasteiger partial charge in [-0.25, -0.2) is 0 Å². The van der Waals surface area contributed by atoms with Gasteiger partial charge in [-0.3, -0.25) is 20.0 Å². The molecular formula is C25H32N4O4. The highest BCUT2D eigenvalue weighted by molar-refractivity contribution is 6.10. The minimum absolute atomic E-state index is 0.0298. The van der Waals surface area contributed by atoms with E-state index in [0.29, 0.717) is 29.6 Å². The van der Waals surface area contributed by atoms with E-state index in [1.165, 1.54) is 5.56 Å². The summed E-state index contributed by atoms with van der Waals surface area (Å²) < 4.78 is 16.2. The van der Waals surface area contributed by atoms with Gasteiger partial charge in [0.15, 0.2) is 11.5 Å². The first-order chi connectivity index (χ1) is 15.9. The number of hydrogen-bond donors (Lipinski definition) is 2. The van der Waals surface area contributed by atoms with Crippen LogP contribution in [0.2, 0.25) is 0 Å². The van der Waals surface area contributed by atoms with Gasteiger partial charge in [-0.1, -0.05) is 32.9 Å². The molecule has 0 aromatic heterocycles. The third-order valence-corrected chi connectivity index (χ3v) is 5.67. The first-order valence-electron chi connectivity index (χ1n) is 11.3. The summed E-state index contributed by atoms with van der Waals surface area (Å²) in [6.45, 7) is 11.3. The number of benzene rings is 2. The van der Waals surface area contributed by atoms with Gasteiger partial charge in [-0.2, -0.15) is 0 Å². The number of guanidine groups is 1. The molecule has 0 aliphatic carbocycles. The molecular weight excluding hydrogens is 420 g/mol. The van der Waals surface area contributed by atoms with Crippen molar-refractivity contribution in [2.24, 2.45) is 4.99 Å². The van der Waals surface area contributed by atoms with Crippen LogP contribution in [0.25, 0.3) is 0 Å². The quantitative estimate of drug-likeness (QED) is 0.535. The molecule has 8 nitrogen and oxygen atoms in total. The van der Waals surface area contributed by atoms with Crippen molar-refractivity contribution in [3.8, 4) is 11.5 Å². The summed E-state index contributed by atoms with van der Waals surface area (Å²) in [5, 5.41) is 6.15. The molecule has 176 valence electrons. The van der Waals surface area contributed by atoms with Crippen LogP contribution in [0.15, 0.2) is 47.5 Å². The predicted octanol–water partition coefficient (Wildman–Crippen LogP) is 3.24. The number of amides is 1. The second kappa shape index (κ2) is 10.2. The first-order valence-corrected chi connectivity index (χ1v) is 11.3. The summed E-state index contributed by atoms with van der Waals surface area (Å²) in [6.07, 6.45) is 0. The standard InChI is InChI=1S/C25H32N4O4/c1-25(2,3)19-6-4-18(5-7-19)23(30)28-24(26-10-11-29-12-14-31-15-13-29)27-20-8-9-21-22(16-20)33-17-32-21/h4-9,16H,10-15,17H2,1-3H3,(H2,26,27,28,30). The third kappa shape index (κ3) is 6.24. The number of carbonyl (C=O) groups excluding carboxylic acids is 1. The largest absolute Gasteiger partial charge is 0.454 e. The van der Waals surface area contributed by atoms with Crippen molar-refractivity contribution in [3.05, 3.63) is 53.6 Å². The number of carbonyl (C=O) groups is 1. The van der Waals surface area contributed by atoms with Crippen LogP contribution in [0.4, 0.5) is 5.69 Å². The maximum absolute atomic E-state index is 13.0. The van der Waals surface area contributed by atoms with Crippen LogP contribution in [-0.2, 0) is 10.2 Å². The monoisotopic (exact) mass is 452 g/mol. The Morgan fingerprint density at radius 1 is 1.03 bits per heavy atom. The van der Waals surface area contributed by atoms with E-state index >= 15 is 0 Å². The molecule has 8 heteroatoms. The van der Waals surface area contributed by atoms with E-state index in [1.807, 2.05) is 42.5 Å². The number of fused-ring (bicyclic) bond motifs is 1. The summed E-state index contributed by atoms with van der Waals surface area (Å²) in [5.41, 5.74) is 2.54. The highest BCUT2D eigenvalue weighted by Gasteiger charge is 2.17. The van der Waals surface area contributed by atoms with Crippen LogP contribution in [0.5, 0.6) is 11.5 Å². The maximum Gasteiger partial charge on any atom is 0.257 e. The van der Waals surface area contributed by atoms with Crippen LogP contribution in [0.1, 0.15) is 36.7 Å². The molecule has 0 radical (unpaired) electrons. The van der Waals surface area contributed by atoms with Gasteiger partial charge < -0.3 is 19.5 Å². The van der Waals surface area contributed by atoms with E-state index < -0.39 is 0 Å². The zero-order valence-corrected chi connectivity index (χ0v) is 19.5. The Labute approximate surface area is 194 Å². The van der Waals surface area contributed by atoms with E-state index in [9.17, 15) is 4.79 Å². The number of ether oxygens (including phenoxy) is 3. The third-order valence-electron chi connectivity index (χ3n) is 5.67. The minimum atomic E-state index is -0.214. The van der Waals surface area contributed by atoms with Crippen molar-refractivity contribution < 1.29 is 19.0 Å². The Kier molecular flexibility index (Phi) is 7.15. The number of nitrogens with one attached hydrogen (secondary N) is 2. The number of hydrogen-bond acceptors (Lipinski definition) is 6. The van der Waals surface area contributed by atoms with Gasteiger partial charge in [0.25, 0.3) is 5.91 Å². The second-order valence-electron chi connectivity index (χ2n) is 9.16. The molecule has 0 atom stereocenters. The first kappa shape index (κ1) is 23.1. The molecule has 2 aliphatic rings. The fraction of sp³-hybridized carbons (Fsp3) is 0.440. The van der Waals surface area contributed by atoms with Gasteiger partial charge in [0.1, 0.15) is 0 Å². The number of anilines is 1. The van der Waals surface area contributed by atoms with Crippen molar-refractivity contribution in [3.63, 3.8) is 0 Å². The summed E-state index contributed by atoms with van der Waals surface area (Å²) in [7, 11) is 0. The van der Waals surface area contributed by atoms with Crippen molar-refractivity contribution in [2.75, 3.05) is 51.5 Å². The summed E-state index contributed by atoms with van der Waals surface area (Å²) in [5.74, 6) is 1.55. The summed E-state index contributed by atoms with van der Waals surface area (Å²) in [4.78, 5) is 19.9. The molecule has 2 N–H and O–H groups in total. The van der Waals surface area contributed by atoms with Crippen LogP contribution < -0.4 is 20.1 Å². The topological polar surface area (TPSA) is 84.4 Å². The number of aliphatic imine (C=N–C) groups is 1. The summed E-state index contributed by atoms with van der Waals surface area (Å²) >= 11 is 0. The van der Waals surface area contributed by atoms with E-state index in [1.54, 1.807) is 0 Å². The Hall–Kier alpha value is -3.10. The Morgan fingerprint density at radius 3 is 2.48 bits per heavy atom. The lowest BCUT2D eigenvalue weighted by atomic mass is 9.87. The van der Waals surface area contributed by atoms with Crippen molar-refractivity contribution >= 4 is 17.6 Å². The predicted molar refractivity (Wildman–Crippen MR) is 128 cm³/mol. The Morgan fingerprint density at radius 2 is 1.76 bits per heavy atom. The maximum atomic E-state index is 13.0. The number of morpholine rings is 1. The van der Waals surface area contributed by atoms with Crippen LogP contribution in [0, 0.1) is 0 Å². The van der Waals surface area contributed by atoms with E-state index in [4.69, 9.17) is 14.2 Å². The fourth-order valence-corrected chi connectivity index (χ4v) is 3.65. The average Bonchev–Trinajstić information content (AvgIpc) is 3.27. The molecule has 0 saturated carbocycles. The van der Waals surface area contributed by atoms with Gasteiger partial charge in [-0.15, -0.1) is 0 Å². The van der Waals surface area contributed by atoms with E-state index in [0.717, 1.165) is 38.5 Å². The van der Waals surface area contributed by atoms with Gasteiger partial charge in [-0.05, 0) is 35.2 Å². The Balaban J connectivity index is 1.46. The molecule has 0 unspecified atom stereocenters. The molecule has 2 aliphatic heterocycles. The smallest absolute Gasteiger partial charge is 0.257 e. The van der Waals surface area contributed by atoms with E-state index in [2.05, 4.69) is 41.3 Å². The van der Waals surface area contributed by atoms with Crippen LogP contribution in [0.3, 0.4) is 0 Å². The highest BCUT2D eigenvalue weighted by Crippen LogP contribution is 2.34. The molecule has 33 heavy (non-hydrogen) atoms. The van der Waals surface area contributed by atoms with Gasteiger partial charge >= 0.3 is 0 Å².